The molecule has 0 unspecified atom stereocenters. The van der Waals surface area contributed by atoms with Gasteiger partial charge >= 0.3 is 0 Å². The molecule has 0 aliphatic rings. The average Bonchev–Trinajstić information content (AvgIpc) is 2.63. The van der Waals surface area contributed by atoms with E-state index in [9.17, 15) is 9.59 Å². The molecule has 0 bridgehead atoms. The predicted octanol–water partition coefficient (Wildman–Crippen LogP) is 3.13. The molecule has 0 spiro atoms. The molecule has 25 heavy (non-hydrogen) atoms. The molecule has 0 saturated carbocycles. The quantitative estimate of drug-likeness (QED) is 0.876. The molecular weight excluding hydrogens is 318 g/mol. The summed E-state index contributed by atoms with van der Waals surface area (Å²) >= 11 is 0. The second-order valence-electron chi connectivity index (χ2n) is 5.57. The van der Waals surface area contributed by atoms with Crippen LogP contribution in [0.15, 0.2) is 36.5 Å². The molecule has 2 aromatic rings. The minimum absolute atomic E-state index is 0.187. The van der Waals surface area contributed by atoms with E-state index in [0.717, 1.165) is 5.56 Å². The van der Waals surface area contributed by atoms with Gasteiger partial charge in [-0.05, 0) is 50.6 Å². The van der Waals surface area contributed by atoms with Gasteiger partial charge < -0.3 is 15.0 Å². The van der Waals surface area contributed by atoms with Crippen molar-refractivity contribution >= 4 is 17.5 Å². The standard InChI is InChI=1S/C19H23N3O3/c1-5-22(6-2)19(24)16-12-14(9-10-20-16)18(23)21-15-11-13(3)7-8-17(15)25-4/h7-12H,5-6H2,1-4H3,(H,21,23). The number of nitrogens with zero attached hydrogens (tertiary/aromatic N) is 2. The van der Waals surface area contributed by atoms with Crippen molar-refractivity contribution in [2.75, 3.05) is 25.5 Å². The van der Waals surface area contributed by atoms with Crippen molar-refractivity contribution in [3.05, 3.63) is 53.3 Å². The zero-order chi connectivity index (χ0) is 18.4. The first-order valence-electron chi connectivity index (χ1n) is 8.21. The van der Waals surface area contributed by atoms with Crippen LogP contribution in [-0.4, -0.2) is 41.9 Å². The van der Waals surface area contributed by atoms with Gasteiger partial charge in [0.15, 0.2) is 0 Å². The first-order chi connectivity index (χ1) is 12.0. The van der Waals surface area contributed by atoms with E-state index in [2.05, 4.69) is 10.3 Å². The van der Waals surface area contributed by atoms with Crippen molar-refractivity contribution in [2.24, 2.45) is 0 Å². The Labute approximate surface area is 147 Å². The molecule has 0 aliphatic carbocycles. The number of carbonyl (C=O) groups is 2. The van der Waals surface area contributed by atoms with E-state index in [1.54, 1.807) is 24.1 Å². The van der Waals surface area contributed by atoms with Crippen LogP contribution in [0.1, 0.15) is 40.3 Å². The van der Waals surface area contributed by atoms with Gasteiger partial charge in [-0.1, -0.05) is 6.07 Å². The van der Waals surface area contributed by atoms with Gasteiger partial charge in [0, 0.05) is 24.8 Å². The van der Waals surface area contributed by atoms with Crippen LogP contribution in [0.4, 0.5) is 5.69 Å². The van der Waals surface area contributed by atoms with E-state index in [0.29, 0.717) is 30.1 Å². The molecular formula is C19H23N3O3. The van der Waals surface area contributed by atoms with E-state index in [1.165, 1.54) is 12.3 Å². The maximum atomic E-state index is 12.6. The van der Waals surface area contributed by atoms with Crippen molar-refractivity contribution in [3.63, 3.8) is 0 Å². The summed E-state index contributed by atoms with van der Waals surface area (Å²) in [6, 6.07) is 8.63. The lowest BCUT2D eigenvalue weighted by molar-refractivity contribution is 0.0767. The third-order valence-electron chi connectivity index (χ3n) is 3.90. The van der Waals surface area contributed by atoms with Gasteiger partial charge in [0.25, 0.3) is 11.8 Å². The lowest BCUT2D eigenvalue weighted by Gasteiger charge is -2.18. The lowest BCUT2D eigenvalue weighted by Crippen LogP contribution is -2.31. The van der Waals surface area contributed by atoms with Gasteiger partial charge in [0.1, 0.15) is 11.4 Å². The van der Waals surface area contributed by atoms with Crippen LogP contribution in [0, 0.1) is 6.92 Å². The van der Waals surface area contributed by atoms with Crippen molar-refractivity contribution < 1.29 is 14.3 Å². The largest absolute Gasteiger partial charge is 0.495 e. The van der Waals surface area contributed by atoms with E-state index >= 15 is 0 Å². The highest BCUT2D eigenvalue weighted by Crippen LogP contribution is 2.25. The Bertz CT molecular complexity index is 770. The van der Waals surface area contributed by atoms with Crippen molar-refractivity contribution in [2.45, 2.75) is 20.8 Å². The molecule has 6 nitrogen and oxygen atoms in total. The number of methoxy groups -OCH3 is 1. The van der Waals surface area contributed by atoms with Crippen LogP contribution >= 0.6 is 0 Å². The van der Waals surface area contributed by atoms with Gasteiger partial charge in [-0.3, -0.25) is 14.6 Å². The smallest absolute Gasteiger partial charge is 0.272 e. The number of aryl methyl sites for hydroxylation is 1. The minimum Gasteiger partial charge on any atom is -0.495 e. The Balaban J connectivity index is 2.25. The molecule has 0 fully saturated rings. The highest BCUT2D eigenvalue weighted by Gasteiger charge is 2.17. The number of aromatic nitrogens is 1. The van der Waals surface area contributed by atoms with E-state index in [4.69, 9.17) is 4.74 Å². The fraction of sp³-hybridized carbons (Fsp3) is 0.316. The molecule has 1 aromatic carbocycles. The number of anilines is 1. The van der Waals surface area contributed by atoms with Gasteiger partial charge in [0.2, 0.25) is 0 Å². The second kappa shape index (κ2) is 8.28. The van der Waals surface area contributed by atoms with Crippen LogP contribution in [0.5, 0.6) is 5.75 Å². The molecule has 1 heterocycles. The van der Waals surface area contributed by atoms with Gasteiger partial charge in [-0.25, -0.2) is 0 Å². The molecule has 1 aromatic heterocycles. The highest BCUT2D eigenvalue weighted by molar-refractivity contribution is 6.06. The fourth-order valence-electron chi connectivity index (χ4n) is 2.48. The number of ether oxygens (including phenoxy) is 1. The maximum absolute atomic E-state index is 12.6. The number of pyridine rings is 1. The number of benzene rings is 1. The van der Waals surface area contributed by atoms with Crippen molar-refractivity contribution in [1.29, 1.82) is 0 Å². The van der Waals surface area contributed by atoms with Gasteiger partial charge in [0.05, 0.1) is 12.8 Å². The van der Waals surface area contributed by atoms with E-state index < -0.39 is 0 Å². The molecule has 2 rings (SSSR count). The SMILES string of the molecule is CCN(CC)C(=O)c1cc(C(=O)Nc2cc(C)ccc2OC)ccn1. The molecule has 1 N–H and O–H groups in total. The monoisotopic (exact) mass is 341 g/mol. The summed E-state index contributed by atoms with van der Waals surface area (Å²) in [5, 5.41) is 2.83. The number of hydrogen-bond donors (Lipinski definition) is 1. The first kappa shape index (κ1) is 18.4. The van der Waals surface area contributed by atoms with Gasteiger partial charge in [-0.2, -0.15) is 0 Å². The number of hydrogen-bond acceptors (Lipinski definition) is 4. The number of rotatable bonds is 6. The molecule has 132 valence electrons. The summed E-state index contributed by atoms with van der Waals surface area (Å²) in [4.78, 5) is 30.7. The number of nitrogens with one attached hydrogen (secondary N) is 1. The summed E-state index contributed by atoms with van der Waals surface area (Å²) < 4.78 is 5.27. The van der Waals surface area contributed by atoms with E-state index in [-0.39, 0.29) is 17.5 Å². The Kier molecular flexibility index (Phi) is 6.11. The fourth-order valence-corrected chi connectivity index (χ4v) is 2.48. The predicted molar refractivity (Wildman–Crippen MR) is 97.2 cm³/mol. The molecule has 6 heteroatoms. The Morgan fingerprint density at radius 3 is 2.52 bits per heavy atom. The molecule has 0 saturated heterocycles. The molecule has 2 amide bonds. The Morgan fingerprint density at radius 2 is 1.88 bits per heavy atom. The zero-order valence-corrected chi connectivity index (χ0v) is 15.0. The minimum atomic E-state index is -0.320. The normalized spacial score (nSPS) is 10.2. The summed E-state index contributed by atoms with van der Waals surface area (Å²) in [5.41, 5.74) is 2.21. The van der Waals surface area contributed by atoms with Gasteiger partial charge in [-0.15, -0.1) is 0 Å². The summed E-state index contributed by atoms with van der Waals surface area (Å²) in [6.45, 7) is 6.92. The van der Waals surface area contributed by atoms with Crippen LogP contribution in [0.2, 0.25) is 0 Å². The van der Waals surface area contributed by atoms with Crippen LogP contribution < -0.4 is 10.1 Å². The number of amides is 2. The molecule has 0 atom stereocenters. The van der Waals surface area contributed by atoms with Crippen molar-refractivity contribution in [3.8, 4) is 5.75 Å². The lowest BCUT2D eigenvalue weighted by atomic mass is 10.1. The van der Waals surface area contributed by atoms with Crippen LogP contribution in [0.25, 0.3) is 0 Å². The van der Waals surface area contributed by atoms with Crippen LogP contribution in [-0.2, 0) is 0 Å². The number of carbonyl (C=O) groups excluding carboxylic acids is 2. The average molecular weight is 341 g/mol. The maximum Gasteiger partial charge on any atom is 0.272 e. The van der Waals surface area contributed by atoms with E-state index in [1.807, 2.05) is 32.9 Å². The van der Waals surface area contributed by atoms with Crippen LogP contribution in [0.3, 0.4) is 0 Å². The first-order valence-corrected chi connectivity index (χ1v) is 8.21. The highest BCUT2D eigenvalue weighted by atomic mass is 16.5. The third-order valence-corrected chi connectivity index (χ3v) is 3.90. The third kappa shape index (κ3) is 4.35. The molecule has 0 aliphatic heterocycles. The topological polar surface area (TPSA) is 71.5 Å². The summed E-state index contributed by atoms with van der Waals surface area (Å²) in [5.74, 6) is 0.0696. The zero-order valence-electron chi connectivity index (χ0n) is 15.0. The summed E-state index contributed by atoms with van der Waals surface area (Å²) in [6.07, 6.45) is 1.47. The summed E-state index contributed by atoms with van der Waals surface area (Å²) in [7, 11) is 1.55. The van der Waals surface area contributed by atoms with Crippen molar-refractivity contribution in [1.82, 2.24) is 9.88 Å². The second-order valence-corrected chi connectivity index (χ2v) is 5.57. The Morgan fingerprint density at radius 1 is 1.16 bits per heavy atom. The Hall–Kier alpha value is -2.89. The molecule has 0 radical (unpaired) electrons.